The van der Waals surface area contributed by atoms with Crippen LogP contribution >= 0.6 is 0 Å². The van der Waals surface area contributed by atoms with Crippen LogP contribution in [0.25, 0.3) is 0 Å². The van der Waals surface area contributed by atoms with E-state index in [0.717, 1.165) is 0 Å². The van der Waals surface area contributed by atoms with E-state index < -0.39 is 8.32 Å². The molecule has 1 rings (SSSR count). The van der Waals surface area contributed by atoms with Gasteiger partial charge in [0.1, 0.15) is 6.73 Å². The topological polar surface area (TPSA) is 47.6 Å². The standard InChI is InChI=1S/C12H25NO3Si/c1-9(10-7-13-8-15-11(10)14)16-17(5,6)12(2,3)4/h9-10,13H,7-8H2,1-6H3/t9-,10+/m1/s1. The van der Waals surface area contributed by atoms with Crippen molar-refractivity contribution in [2.45, 2.75) is 51.9 Å². The highest BCUT2D eigenvalue weighted by Gasteiger charge is 2.41. The molecule has 0 amide bonds. The zero-order valence-corrected chi connectivity index (χ0v) is 12.8. The highest BCUT2D eigenvalue weighted by atomic mass is 28.4. The second-order valence-electron chi connectivity index (χ2n) is 6.25. The Bertz CT molecular complexity index is 286. The van der Waals surface area contributed by atoms with Crippen molar-refractivity contribution in [3.05, 3.63) is 0 Å². The van der Waals surface area contributed by atoms with Crippen LogP contribution in [0.5, 0.6) is 0 Å². The van der Waals surface area contributed by atoms with Gasteiger partial charge >= 0.3 is 5.97 Å². The molecule has 1 N–H and O–H groups in total. The second-order valence-corrected chi connectivity index (χ2v) is 11.0. The van der Waals surface area contributed by atoms with E-state index in [1.807, 2.05) is 6.92 Å². The fourth-order valence-electron chi connectivity index (χ4n) is 1.61. The fraction of sp³-hybridized carbons (Fsp3) is 0.917. The molecule has 1 heterocycles. The number of esters is 1. The van der Waals surface area contributed by atoms with Crippen molar-refractivity contribution in [2.75, 3.05) is 13.3 Å². The molecule has 0 radical (unpaired) electrons. The van der Waals surface area contributed by atoms with Gasteiger partial charge in [-0.05, 0) is 25.1 Å². The van der Waals surface area contributed by atoms with Gasteiger partial charge in [-0.15, -0.1) is 0 Å². The van der Waals surface area contributed by atoms with Crippen LogP contribution in [0, 0.1) is 5.92 Å². The van der Waals surface area contributed by atoms with E-state index in [0.29, 0.717) is 13.3 Å². The molecule has 0 saturated carbocycles. The van der Waals surface area contributed by atoms with E-state index in [-0.39, 0.29) is 23.0 Å². The van der Waals surface area contributed by atoms with Gasteiger partial charge in [-0.25, -0.2) is 0 Å². The maximum absolute atomic E-state index is 11.6. The molecule has 0 spiro atoms. The van der Waals surface area contributed by atoms with Gasteiger partial charge in [0.05, 0.1) is 12.0 Å². The summed E-state index contributed by atoms with van der Waals surface area (Å²) < 4.78 is 11.2. The number of ether oxygens (including phenoxy) is 1. The summed E-state index contributed by atoms with van der Waals surface area (Å²) in [5.41, 5.74) is 0. The summed E-state index contributed by atoms with van der Waals surface area (Å²) in [4.78, 5) is 11.6. The van der Waals surface area contributed by atoms with E-state index in [2.05, 4.69) is 39.2 Å². The van der Waals surface area contributed by atoms with Crippen LogP contribution in [0.4, 0.5) is 0 Å². The molecule has 0 aromatic carbocycles. The van der Waals surface area contributed by atoms with E-state index >= 15 is 0 Å². The molecule has 0 bridgehead atoms. The van der Waals surface area contributed by atoms with Crippen molar-refractivity contribution in [1.29, 1.82) is 0 Å². The highest BCUT2D eigenvalue weighted by molar-refractivity contribution is 6.74. The molecule has 1 saturated heterocycles. The smallest absolute Gasteiger partial charge is 0.314 e. The molecule has 4 nitrogen and oxygen atoms in total. The van der Waals surface area contributed by atoms with Crippen LogP contribution in [-0.2, 0) is 14.0 Å². The SMILES string of the molecule is C[C@@H](O[Si](C)(C)C(C)(C)C)[C@@H]1CNCOC1=O. The third kappa shape index (κ3) is 3.53. The Hall–Kier alpha value is -0.393. The normalized spacial score (nSPS) is 24.4. The first-order valence-electron chi connectivity index (χ1n) is 6.20. The van der Waals surface area contributed by atoms with Crippen molar-refractivity contribution in [1.82, 2.24) is 5.32 Å². The summed E-state index contributed by atoms with van der Waals surface area (Å²) in [5, 5.41) is 3.22. The molecular weight excluding hydrogens is 234 g/mol. The third-order valence-electron chi connectivity index (χ3n) is 3.84. The lowest BCUT2D eigenvalue weighted by molar-refractivity contribution is -0.157. The predicted octanol–water partition coefficient (Wildman–Crippen LogP) is 2.12. The van der Waals surface area contributed by atoms with E-state index in [1.165, 1.54) is 0 Å². The average molecular weight is 259 g/mol. The van der Waals surface area contributed by atoms with Crippen LogP contribution < -0.4 is 5.32 Å². The maximum Gasteiger partial charge on any atom is 0.314 e. The summed E-state index contributed by atoms with van der Waals surface area (Å²) in [6.45, 7) is 13.9. The van der Waals surface area contributed by atoms with Gasteiger partial charge < -0.3 is 9.16 Å². The molecule has 0 unspecified atom stereocenters. The van der Waals surface area contributed by atoms with Crippen molar-refractivity contribution >= 4 is 14.3 Å². The van der Waals surface area contributed by atoms with Gasteiger partial charge in [0.25, 0.3) is 0 Å². The Morgan fingerprint density at radius 1 is 1.47 bits per heavy atom. The maximum atomic E-state index is 11.6. The quantitative estimate of drug-likeness (QED) is 0.623. The van der Waals surface area contributed by atoms with Gasteiger partial charge in [-0.1, -0.05) is 20.8 Å². The van der Waals surface area contributed by atoms with Crippen LogP contribution in [0.3, 0.4) is 0 Å². The number of carbonyl (C=O) groups is 1. The number of hydrogen-bond acceptors (Lipinski definition) is 4. The molecule has 0 aromatic heterocycles. The van der Waals surface area contributed by atoms with Gasteiger partial charge in [0.2, 0.25) is 0 Å². The Labute approximate surface area is 105 Å². The Morgan fingerprint density at radius 3 is 2.53 bits per heavy atom. The molecule has 0 aliphatic carbocycles. The molecule has 1 aliphatic rings. The highest BCUT2D eigenvalue weighted by Crippen LogP contribution is 2.38. The molecule has 17 heavy (non-hydrogen) atoms. The first kappa shape index (κ1) is 14.7. The zero-order chi connectivity index (χ0) is 13.3. The van der Waals surface area contributed by atoms with E-state index in [9.17, 15) is 4.79 Å². The summed E-state index contributed by atoms with van der Waals surface area (Å²) in [5.74, 6) is -0.326. The number of cyclic esters (lactones) is 1. The summed E-state index contributed by atoms with van der Waals surface area (Å²) in [6.07, 6.45) is -0.0869. The number of rotatable bonds is 3. The molecule has 1 aliphatic heterocycles. The van der Waals surface area contributed by atoms with Crippen LogP contribution in [0.2, 0.25) is 18.1 Å². The summed E-state index contributed by atoms with van der Waals surface area (Å²) in [7, 11) is -1.82. The monoisotopic (exact) mass is 259 g/mol. The largest absolute Gasteiger partial charge is 0.449 e. The van der Waals surface area contributed by atoms with Crippen molar-refractivity contribution in [3.63, 3.8) is 0 Å². The number of nitrogens with one attached hydrogen (secondary N) is 1. The minimum atomic E-state index is -1.82. The number of carbonyl (C=O) groups excluding carboxylic acids is 1. The third-order valence-corrected chi connectivity index (χ3v) is 8.41. The van der Waals surface area contributed by atoms with Crippen molar-refractivity contribution < 1.29 is 14.0 Å². The second kappa shape index (κ2) is 5.08. The van der Waals surface area contributed by atoms with Crippen LogP contribution in [-0.4, -0.2) is 33.7 Å². The Kier molecular flexibility index (Phi) is 4.38. The molecule has 100 valence electrons. The Morgan fingerprint density at radius 2 is 2.06 bits per heavy atom. The molecule has 5 heteroatoms. The van der Waals surface area contributed by atoms with Crippen molar-refractivity contribution in [2.24, 2.45) is 5.92 Å². The van der Waals surface area contributed by atoms with Crippen LogP contribution in [0.1, 0.15) is 27.7 Å². The lowest BCUT2D eigenvalue weighted by atomic mass is 10.0. The number of hydrogen-bond donors (Lipinski definition) is 1. The molecule has 2 atom stereocenters. The molecular formula is C12H25NO3Si. The summed E-state index contributed by atoms with van der Waals surface area (Å²) >= 11 is 0. The first-order chi connectivity index (χ1) is 7.65. The van der Waals surface area contributed by atoms with Crippen molar-refractivity contribution in [3.8, 4) is 0 Å². The summed E-state index contributed by atoms with van der Waals surface area (Å²) in [6, 6.07) is 0. The van der Waals surface area contributed by atoms with Gasteiger partial charge in [0, 0.05) is 6.54 Å². The predicted molar refractivity (Wildman–Crippen MR) is 70.2 cm³/mol. The lowest BCUT2D eigenvalue weighted by Crippen LogP contribution is -2.50. The van der Waals surface area contributed by atoms with E-state index in [4.69, 9.17) is 9.16 Å². The van der Waals surface area contributed by atoms with Gasteiger partial charge in [0.15, 0.2) is 8.32 Å². The van der Waals surface area contributed by atoms with Gasteiger partial charge in [-0.3, -0.25) is 10.1 Å². The first-order valence-corrected chi connectivity index (χ1v) is 9.11. The molecule has 1 fully saturated rings. The van der Waals surface area contributed by atoms with Gasteiger partial charge in [-0.2, -0.15) is 0 Å². The minimum Gasteiger partial charge on any atom is -0.449 e. The lowest BCUT2D eigenvalue weighted by Gasteiger charge is -2.40. The van der Waals surface area contributed by atoms with Crippen LogP contribution in [0.15, 0.2) is 0 Å². The molecule has 0 aromatic rings. The fourth-order valence-corrected chi connectivity index (χ4v) is 3.06. The van der Waals surface area contributed by atoms with E-state index in [1.54, 1.807) is 0 Å². The minimum absolute atomic E-state index is 0.0869. The Balaban J connectivity index is 2.65. The zero-order valence-electron chi connectivity index (χ0n) is 11.8. The average Bonchev–Trinajstić information content (AvgIpc) is 2.15.